The molecule has 0 saturated heterocycles. The number of hydrogen-bond acceptors (Lipinski definition) is 8. The van der Waals surface area contributed by atoms with Crippen molar-refractivity contribution in [1.29, 1.82) is 0 Å². The van der Waals surface area contributed by atoms with Crippen LogP contribution >= 0.6 is 0 Å². The monoisotopic (exact) mass is 503 g/mol. The van der Waals surface area contributed by atoms with Crippen molar-refractivity contribution in [3.63, 3.8) is 0 Å². The first-order valence-electron chi connectivity index (χ1n) is 11.7. The lowest BCUT2D eigenvalue weighted by atomic mass is 10.1. The summed E-state index contributed by atoms with van der Waals surface area (Å²) in [7, 11) is 0. The zero-order chi connectivity index (χ0) is 27.4. The number of nitrogens with two attached hydrogens (primary N) is 1. The first kappa shape index (κ1) is 32.2. The molecule has 2 atom stereocenters. The summed E-state index contributed by atoms with van der Waals surface area (Å²) in [5, 5.41) is 10.5. The number of nitrogens with one attached hydrogen (secondary N) is 4. The van der Waals surface area contributed by atoms with Crippen LogP contribution in [0.1, 0.15) is 75.2 Å². The lowest BCUT2D eigenvalue weighted by Gasteiger charge is -2.25. The van der Waals surface area contributed by atoms with Gasteiger partial charge in [0, 0.05) is 25.7 Å². The molecule has 0 fully saturated rings. The minimum Gasteiger partial charge on any atom is -0.444 e. The second kappa shape index (κ2) is 14.0. The van der Waals surface area contributed by atoms with Gasteiger partial charge in [0.05, 0.1) is 0 Å². The third-order valence-corrected chi connectivity index (χ3v) is 3.88. The summed E-state index contributed by atoms with van der Waals surface area (Å²) in [6.45, 7) is 15.8. The molecule has 204 valence electrons. The predicted molar refractivity (Wildman–Crippen MR) is 132 cm³/mol. The van der Waals surface area contributed by atoms with Crippen LogP contribution < -0.4 is 27.0 Å². The molecule has 0 aromatic carbocycles. The van der Waals surface area contributed by atoms with Gasteiger partial charge in [-0.15, -0.1) is 0 Å². The van der Waals surface area contributed by atoms with Crippen molar-refractivity contribution in [3.05, 3.63) is 0 Å². The topological polar surface area (TPSA) is 170 Å². The minimum atomic E-state index is -1.01. The van der Waals surface area contributed by atoms with E-state index in [0.717, 1.165) is 0 Å². The van der Waals surface area contributed by atoms with Crippen LogP contribution in [0.15, 0.2) is 0 Å². The van der Waals surface area contributed by atoms with Gasteiger partial charge in [0.1, 0.15) is 22.8 Å². The summed E-state index contributed by atoms with van der Waals surface area (Å²) in [6, 6.07) is -1.52. The fourth-order valence-corrected chi connectivity index (χ4v) is 2.58. The molecule has 0 bridgehead atoms. The van der Waals surface area contributed by atoms with E-state index >= 15 is 0 Å². The van der Waals surface area contributed by atoms with Crippen molar-refractivity contribution >= 4 is 24.2 Å². The molecule has 0 saturated carbocycles. The minimum absolute atomic E-state index is 0.0526. The summed E-state index contributed by atoms with van der Waals surface area (Å²) < 4.78 is 15.6. The molecule has 0 heterocycles. The van der Waals surface area contributed by atoms with Gasteiger partial charge in [-0.25, -0.2) is 14.4 Å². The lowest BCUT2D eigenvalue weighted by molar-refractivity contribution is -0.123. The fraction of sp³-hybridized carbons (Fsp3) is 0.826. The number of ether oxygens (including phenoxy) is 3. The highest BCUT2D eigenvalue weighted by atomic mass is 16.6. The number of rotatable bonds is 10. The van der Waals surface area contributed by atoms with Crippen LogP contribution in [-0.4, -0.2) is 72.7 Å². The van der Waals surface area contributed by atoms with E-state index < -0.39 is 53.1 Å². The number of alkyl carbamates (subject to hydrolysis) is 3. The Morgan fingerprint density at radius 2 is 1.17 bits per heavy atom. The molecule has 0 rings (SSSR count). The van der Waals surface area contributed by atoms with Gasteiger partial charge < -0.3 is 41.2 Å². The zero-order valence-corrected chi connectivity index (χ0v) is 22.6. The fourth-order valence-electron chi connectivity index (χ4n) is 2.58. The summed E-state index contributed by atoms with van der Waals surface area (Å²) in [6.07, 6.45) is -1.03. The molecule has 0 aliphatic rings. The van der Waals surface area contributed by atoms with Crippen molar-refractivity contribution in [2.45, 2.75) is 104 Å². The molecular weight excluding hydrogens is 458 g/mol. The second-order valence-electron chi connectivity index (χ2n) is 11.1. The van der Waals surface area contributed by atoms with Crippen LogP contribution in [0, 0.1) is 0 Å². The highest BCUT2D eigenvalue weighted by molar-refractivity contribution is 5.86. The quantitative estimate of drug-likeness (QED) is 0.223. The Morgan fingerprint density at radius 3 is 1.63 bits per heavy atom. The Bertz CT molecular complexity index is 709. The molecule has 0 aromatic heterocycles. The maximum atomic E-state index is 12.6. The van der Waals surface area contributed by atoms with Gasteiger partial charge in [0.25, 0.3) is 0 Å². The normalized spacial score (nSPS) is 13.7. The van der Waals surface area contributed by atoms with E-state index in [9.17, 15) is 19.2 Å². The largest absolute Gasteiger partial charge is 0.444 e. The molecule has 0 aliphatic heterocycles. The van der Waals surface area contributed by atoms with Gasteiger partial charge in [-0.2, -0.15) is 0 Å². The maximum absolute atomic E-state index is 12.6. The van der Waals surface area contributed by atoms with Crippen LogP contribution in [0.4, 0.5) is 14.4 Å². The first-order valence-corrected chi connectivity index (χ1v) is 11.7. The highest BCUT2D eigenvalue weighted by Gasteiger charge is 2.25. The van der Waals surface area contributed by atoms with E-state index in [1.165, 1.54) is 0 Å². The van der Waals surface area contributed by atoms with E-state index in [4.69, 9.17) is 19.9 Å². The summed E-state index contributed by atoms with van der Waals surface area (Å²) in [5.74, 6) is -0.527. The standard InChI is InChI=1S/C23H45N5O7/c1-21(2,3)33-18(30)25-12-10-11-15(27-19(31)34-22(4,5)6)14-26-17(29)16(13-24)28-20(32)35-23(7,8)9/h15-16H,10-14,24H2,1-9H3,(H,25,30)(H,26,29)(H,27,31)(H,28,32)/t15-,16?/m0/s1. The predicted octanol–water partition coefficient (Wildman–Crippen LogP) is 2.15. The van der Waals surface area contributed by atoms with Gasteiger partial charge in [-0.05, 0) is 75.2 Å². The van der Waals surface area contributed by atoms with Crippen LogP contribution in [0.25, 0.3) is 0 Å². The SMILES string of the molecule is CC(C)(C)OC(=O)NCCC[C@@H](CNC(=O)C(CN)NC(=O)OC(C)(C)C)NC(=O)OC(C)(C)C. The summed E-state index contributed by atoms with van der Waals surface area (Å²) in [5.41, 5.74) is 3.61. The van der Waals surface area contributed by atoms with Crippen LogP contribution in [0.3, 0.4) is 0 Å². The maximum Gasteiger partial charge on any atom is 0.408 e. The molecule has 0 radical (unpaired) electrons. The van der Waals surface area contributed by atoms with Crippen LogP contribution in [0.5, 0.6) is 0 Å². The molecular formula is C23H45N5O7. The Labute approximate surface area is 208 Å². The van der Waals surface area contributed by atoms with Crippen molar-refractivity contribution < 1.29 is 33.4 Å². The van der Waals surface area contributed by atoms with Gasteiger partial charge in [-0.3, -0.25) is 4.79 Å². The van der Waals surface area contributed by atoms with Gasteiger partial charge in [0.2, 0.25) is 5.91 Å². The molecule has 12 heteroatoms. The Kier molecular flexibility index (Phi) is 12.9. The third kappa shape index (κ3) is 18.3. The molecule has 0 spiro atoms. The molecule has 12 nitrogen and oxygen atoms in total. The number of carbonyl (C=O) groups is 4. The zero-order valence-electron chi connectivity index (χ0n) is 22.6. The molecule has 6 N–H and O–H groups in total. The first-order chi connectivity index (χ1) is 15.8. The van der Waals surface area contributed by atoms with E-state index in [0.29, 0.717) is 19.4 Å². The van der Waals surface area contributed by atoms with Crippen molar-refractivity contribution in [2.75, 3.05) is 19.6 Å². The van der Waals surface area contributed by atoms with Gasteiger partial charge in [0.15, 0.2) is 0 Å². The van der Waals surface area contributed by atoms with E-state index in [2.05, 4.69) is 21.3 Å². The van der Waals surface area contributed by atoms with Crippen LogP contribution in [0.2, 0.25) is 0 Å². The Morgan fingerprint density at radius 1 is 0.714 bits per heavy atom. The average Bonchev–Trinajstić information content (AvgIpc) is 2.62. The Hall–Kier alpha value is -2.76. The lowest BCUT2D eigenvalue weighted by Crippen LogP contribution is -2.54. The highest BCUT2D eigenvalue weighted by Crippen LogP contribution is 2.09. The van der Waals surface area contributed by atoms with Crippen molar-refractivity contribution in [1.82, 2.24) is 21.3 Å². The van der Waals surface area contributed by atoms with E-state index in [1.807, 2.05) is 0 Å². The molecule has 0 aliphatic carbocycles. The molecule has 35 heavy (non-hydrogen) atoms. The smallest absolute Gasteiger partial charge is 0.408 e. The number of amides is 4. The number of carbonyl (C=O) groups excluding carboxylic acids is 4. The van der Waals surface area contributed by atoms with Crippen molar-refractivity contribution in [3.8, 4) is 0 Å². The average molecular weight is 504 g/mol. The molecule has 0 aromatic rings. The third-order valence-electron chi connectivity index (χ3n) is 3.88. The second-order valence-corrected chi connectivity index (χ2v) is 11.1. The van der Waals surface area contributed by atoms with Gasteiger partial charge >= 0.3 is 18.3 Å². The summed E-state index contributed by atoms with van der Waals surface area (Å²) >= 11 is 0. The molecule has 4 amide bonds. The van der Waals surface area contributed by atoms with Gasteiger partial charge in [-0.1, -0.05) is 0 Å². The van der Waals surface area contributed by atoms with E-state index in [-0.39, 0.29) is 13.1 Å². The van der Waals surface area contributed by atoms with E-state index in [1.54, 1.807) is 62.3 Å². The van der Waals surface area contributed by atoms with Crippen molar-refractivity contribution in [2.24, 2.45) is 5.73 Å². The number of hydrogen-bond donors (Lipinski definition) is 5. The Balaban J connectivity index is 4.93. The van der Waals surface area contributed by atoms with Crippen LogP contribution in [-0.2, 0) is 19.0 Å². The molecule has 1 unspecified atom stereocenters. The summed E-state index contributed by atoms with van der Waals surface area (Å²) in [4.78, 5) is 48.6.